The molecule has 0 aliphatic rings. The molecule has 96 valence electrons. The number of benzene rings is 1. The van der Waals surface area contributed by atoms with Crippen molar-refractivity contribution in [1.29, 1.82) is 0 Å². The maximum Gasteiger partial charge on any atom is 0.126 e. The van der Waals surface area contributed by atoms with Gasteiger partial charge in [-0.2, -0.15) is 0 Å². The van der Waals surface area contributed by atoms with Gasteiger partial charge in [-0.3, -0.25) is 0 Å². The van der Waals surface area contributed by atoms with Gasteiger partial charge >= 0.3 is 0 Å². The highest BCUT2D eigenvalue weighted by molar-refractivity contribution is 7.12. The molecule has 1 aromatic carbocycles. The predicted molar refractivity (Wildman–Crippen MR) is 70.7 cm³/mol. The minimum absolute atomic E-state index is 0.463. The van der Waals surface area contributed by atoms with Crippen molar-refractivity contribution >= 4 is 11.3 Å². The first-order valence-corrected chi connectivity index (χ1v) is 6.58. The number of aryl methyl sites for hydroxylation is 2. The first kappa shape index (κ1) is 13.2. The Balaban J connectivity index is 1.92. The number of rotatable bonds is 4. The van der Waals surface area contributed by atoms with E-state index in [0.29, 0.717) is 12.1 Å². The molecule has 0 unspecified atom stereocenters. The number of halogens is 2. The largest absolute Gasteiger partial charge is 0.308 e. The molecule has 2 aromatic rings. The fraction of sp³-hybridized carbons (Fsp3) is 0.286. The van der Waals surface area contributed by atoms with Gasteiger partial charge in [-0.15, -0.1) is 11.3 Å². The van der Waals surface area contributed by atoms with Crippen molar-refractivity contribution in [2.45, 2.75) is 26.9 Å². The van der Waals surface area contributed by atoms with E-state index in [2.05, 4.69) is 25.2 Å². The summed E-state index contributed by atoms with van der Waals surface area (Å²) < 4.78 is 25.9. The molecule has 0 atom stereocenters. The molecular weight excluding hydrogens is 252 g/mol. The molecule has 0 radical (unpaired) electrons. The lowest BCUT2D eigenvalue weighted by molar-refractivity contribution is 0.575. The normalized spacial score (nSPS) is 10.9. The standard InChI is InChI=1S/C14H15F2NS/c1-9-3-14(18-10(9)2)8-17-7-11-4-12(15)6-13(16)5-11/h3-6,17H,7-8H2,1-2H3. The summed E-state index contributed by atoms with van der Waals surface area (Å²) in [7, 11) is 0. The highest BCUT2D eigenvalue weighted by atomic mass is 32.1. The number of hydrogen-bond donors (Lipinski definition) is 1. The van der Waals surface area contributed by atoms with E-state index in [-0.39, 0.29) is 0 Å². The van der Waals surface area contributed by atoms with Crippen LogP contribution >= 0.6 is 11.3 Å². The summed E-state index contributed by atoms with van der Waals surface area (Å²) >= 11 is 1.75. The van der Waals surface area contributed by atoms with E-state index in [1.165, 1.54) is 27.5 Å². The van der Waals surface area contributed by atoms with Gasteiger partial charge in [0, 0.05) is 28.9 Å². The van der Waals surface area contributed by atoms with Crippen molar-refractivity contribution in [2.75, 3.05) is 0 Å². The maximum atomic E-state index is 13.0. The van der Waals surface area contributed by atoms with Crippen LogP contribution in [0.5, 0.6) is 0 Å². The van der Waals surface area contributed by atoms with Crippen LogP contribution in [-0.2, 0) is 13.1 Å². The van der Waals surface area contributed by atoms with Crippen LogP contribution in [0.2, 0.25) is 0 Å². The van der Waals surface area contributed by atoms with Crippen molar-refractivity contribution < 1.29 is 8.78 Å². The second kappa shape index (κ2) is 5.59. The van der Waals surface area contributed by atoms with E-state index in [4.69, 9.17) is 0 Å². The van der Waals surface area contributed by atoms with Crippen LogP contribution in [0, 0.1) is 25.5 Å². The van der Waals surface area contributed by atoms with Gasteiger partial charge in [0.2, 0.25) is 0 Å². The molecule has 4 heteroatoms. The smallest absolute Gasteiger partial charge is 0.126 e. The molecule has 0 aliphatic carbocycles. The molecule has 1 N–H and O–H groups in total. The Labute approximate surface area is 109 Å². The fourth-order valence-corrected chi connectivity index (χ4v) is 2.80. The summed E-state index contributed by atoms with van der Waals surface area (Å²) in [6, 6.07) is 5.72. The molecule has 0 saturated heterocycles. The van der Waals surface area contributed by atoms with E-state index in [1.807, 2.05) is 0 Å². The predicted octanol–water partition coefficient (Wildman–Crippen LogP) is 3.93. The molecule has 18 heavy (non-hydrogen) atoms. The number of nitrogens with one attached hydrogen (secondary N) is 1. The molecule has 0 amide bonds. The average Bonchev–Trinajstić information content (AvgIpc) is 2.57. The van der Waals surface area contributed by atoms with Gasteiger partial charge < -0.3 is 5.32 Å². The zero-order valence-electron chi connectivity index (χ0n) is 10.4. The van der Waals surface area contributed by atoms with E-state index < -0.39 is 11.6 Å². The van der Waals surface area contributed by atoms with Gasteiger partial charge in [0.05, 0.1) is 0 Å². The van der Waals surface area contributed by atoms with Gasteiger partial charge in [0.25, 0.3) is 0 Å². The lowest BCUT2D eigenvalue weighted by Gasteiger charge is -2.04. The molecule has 1 heterocycles. The summed E-state index contributed by atoms with van der Waals surface area (Å²) in [4.78, 5) is 2.55. The van der Waals surface area contributed by atoms with Gasteiger partial charge in [0.1, 0.15) is 11.6 Å². The van der Waals surface area contributed by atoms with E-state index in [0.717, 1.165) is 12.6 Å². The van der Waals surface area contributed by atoms with Gasteiger partial charge in [-0.25, -0.2) is 8.78 Å². The Morgan fingerprint density at radius 1 is 1.00 bits per heavy atom. The second-order valence-corrected chi connectivity index (χ2v) is 5.67. The Morgan fingerprint density at radius 3 is 2.22 bits per heavy atom. The van der Waals surface area contributed by atoms with Gasteiger partial charge in [0.15, 0.2) is 0 Å². The lowest BCUT2D eigenvalue weighted by Crippen LogP contribution is -2.12. The van der Waals surface area contributed by atoms with Gasteiger partial charge in [-0.05, 0) is 43.2 Å². The summed E-state index contributed by atoms with van der Waals surface area (Å²) in [6.45, 7) is 5.35. The van der Waals surface area contributed by atoms with Crippen LogP contribution in [-0.4, -0.2) is 0 Å². The molecule has 1 nitrogen and oxygen atoms in total. The van der Waals surface area contributed by atoms with E-state index in [9.17, 15) is 8.78 Å². The minimum Gasteiger partial charge on any atom is -0.308 e. The van der Waals surface area contributed by atoms with Crippen LogP contribution in [0.15, 0.2) is 24.3 Å². The van der Waals surface area contributed by atoms with Crippen LogP contribution in [0.1, 0.15) is 20.9 Å². The molecular formula is C14H15F2NS. The lowest BCUT2D eigenvalue weighted by atomic mass is 10.2. The highest BCUT2D eigenvalue weighted by Gasteiger charge is 2.03. The van der Waals surface area contributed by atoms with E-state index in [1.54, 1.807) is 11.3 Å². The van der Waals surface area contributed by atoms with Crippen molar-refractivity contribution in [3.63, 3.8) is 0 Å². The molecule has 0 saturated carbocycles. The van der Waals surface area contributed by atoms with Crippen molar-refractivity contribution in [3.05, 3.63) is 56.8 Å². The zero-order valence-corrected chi connectivity index (χ0v) is 11.2. The third-order valence-electron chi connectivity index (χ3n) is 2.77. The average molecular weight is 267 g/mol. The van der Waals surface area contributed by atoms with Crippen molar-refractivity contribution in [2.24, 2.45) is 0 Å². The summed E-state index contributed by atoms with van der Waals surface area (Å²) in [5.74, 6) is -1.07. The van der Waals surface area contributed by atoms with Crippen LogP contribution in [0.3, 0.4) is 0 Å². The zero-order chi connectivity index (χ0) is 13.1. The highest BCUT2D eigenvalue weighted by Crippen LogP contribution is 2.20. The summed E-state index contributed by atoms with van der Waals surface area (Å²) in [5, 5.41) is 3.19. The maximum absolute atomic E-state index is 13.0. The van der Waals surface area contributed by atoms with E-state index >= 15 is 0 Å². The van der Waals surface area contributed by atoms with Crippen LogP contribution in [0.25, 0.3) is 0 Å². The molecule has 2 rings (SSSR count). The minimum atomic E-state index is -0.533. The fourth-order valence-electron chi connectivity index (χ4n) is 1.78. The Kier molecular flexibility index (Phi) is 4.09. The monoisotopic (exact) mass is 267 g/mol. The molecule has 0 fully saturated rings. The van der Waals surface area contributed by atoms with Crippen molar-refractivity contribution in [3.8, 4) is 0 Å². The van der Waals surface area contributed by atoms with Crippen LogP contribution < -0.4 is 5.32 Å². The summed E-state index contributed by atoms with van der Waals surface area (Å²) in [5.41, 5.74) is 1.91. The third-order valence-corrected chi connectivity index (χ3v) is 3.92. The SMILES string of the molecule is Cc1cc(CNCc2cc(F)cc(F)c2)sc1C. The van der Waals surface area contributed by atoms with Gasteiger partial charge in [-0.1, -0.05) is 0 Å². The van der Waals surface area contributed by atoms with Crippen molar-refractivity contribution in [1.82, 2.24) is 5.32 Å². The second-order valence-electron chi connectivity index (χ2n) is 4.33. The summed E-state index contributed by atoms with van der Waals surface area (Å²) in [6.07, 6.45) is 0. The molecule has 0 aliphatic heterocycles. The first-order valence-electron chi connectivity index (χ1n) is 5.76. The number of thiophene rings is 1. The quantitative estimate of drug-likeness (QED) is 0.885. The Morgan fingerprint density at radius 2 is 1.67 bits per heavy atom. The third kappa shape index (κ3) is 3.37. The van der Waals surface area contributed by atoms with Crippen LogP contribution in [0.4, 0.5) is 8.78 Å². The number of hydrogen-bond acceptors (Lipinski definition) is 2. The Bertz CT molecular complexity index is 509. The topological polar surface area (TPSA) is 12.0 Å². The molecule has 0 spiro atoms. The molecule has 0 bridgehead atoms. The molecule has 1 aromatic heterocycles. The first-order chi connectivity index (χ1) is 8.54. The Hall–Kier alpha value is -1.26.